The molecule has 0 bridgehead atoms. The summed E-state index contributed by atoms with van der Waals surface area (Å²) in [7, 11) is 0. The Morgan fingerprint density at radius 1 is 1.05 bits per heavy atom. The van der Waals surface area contributed by atoms with Crippen molar-refractivity contribution in [3.05, 3.63) is 71.3 Å². The van der Waals surface area contributed by atoms with Crippen molar-refractivity contribution < 1.29 is 0 Å². The Kier molecular flexibility index (Phi) is 5.66. The first-order valence-corrected chi connectivity index (χ1v) is 8.75. The number of aryl methyl sites for hydroxylation is 1. The molecule has 2 aliphatic rings. The summed E-state index contributed by atoms with van der Waals surface area (Å²) >= 11 is 0. The van der Waals surface area contributed by atoms with Crippen molar-refractivity contribution in [2.24, 2.45) is 0 Å². The van der Waals surface area contributed by atoms with Crippen LogP contribution in [-0.4, -0.2) is 12.6 Å². The minimum absolute atomic E-state index is 0.674. The van der Waals surface area contributed by atoms with Gasteiger partial charge in [-0.15, -0.1) is 0 Å². The number of allylic oxidation sites excluding steroid dienone is 5. The second kappa shape index (κ2) is 8.14. The molecule has 0 spiro atoms. The summed E-state index contributed by atoms with van der Waals surface area (Å²) in [4.78, 5) is 0. The van der Waals surface area contributed by atoms with Crippen LogP contribution in [0.3, 0.4) is 0 Å². The molecule has 0 fully saturated rings. The van der Waals surface area contributed by atoms with Crippen LogP contribution in [0, 0.1) is 0 Å². The normalized spacial score (nSPS) is 21.4. The van der Waals surface area contributed by atoms with Gasteiger partial charge >= 0.3 is 0 Å². The van der Waals surface area contributed by atoms with E-state index >= 15 is 0 Å². The molecule has 1 aromatic rings. The fourth-order valence-electron chi connectivity index (χ4n) is 3.38. The van der Waals surface area contributed by atoms with Crippen LogP contribution >= 0.6 is 0 Å². The lowest BCUT2D eigenvalue weighted by molar-refractivity contribution is 0.464. The van der Waals surface area contributed by atoms with E-state index in [0.29, 0.717) is 6.04 Å². The Morgan fingerprint density at radius 3 is 2.68 bits per heavy atom. The van der Waals surface area contributed by atoms with Crippen molar-refractivity contribution in [3.8, 4) is 0 Å². The zero-order valence-electron chi connectivity index (χ0n) is 13.4. The monoisotopic (exact) mass is 293 g/mol. The van der Waals surface area contributed by atoms with Crippen molar-refractivity contribution in [3.63, 3.8) is 0 Å². The van der Waals surface area contributed by atoms with Crippen LogP contribution in [0.5, 0.6) is 0 Å². The van der Waals surface area contributed by atoms with Crippen molar-refractivity contribution in [2.45, 2.75) is 51.0 Å². The second-order valence-electron chi connectivity index (χ2n) is 6.38. The lowest BCUT2D eigenvalue weighted by Gasteiger charge is -2.24. The van der Waals surface area contributed by atoms with E-state index in [1.165, 1.54) is 56.1 Å². The molecule has 1 nitrogen and oxygen atoms in total. The van der Waals surface area contributed by atoms with E-state index in [9.17, 15) is 0 Å². The Bertz CT molecular complexity index is 551. The van der Waals surface area contributed by atoms with Gasteiger partial charge in [-0.25, -0.2) is 0 Å². The molecule has 2 aliphatic carbocycles. The molecule has 0 radical (unpaired) electrons. The van der Waals surface area contributed by atoms with Gasteiger partial charge in [-0.1, -0.05) is 54.6 Å². The summed E-state index contributed by atoms with van der Waals surface area (Å²) in [5.74, 6) is 0. The van der Waals surface area contributed by atoms with Gasteiger partial charge in [0.25, 0.3) is 0 Å². The van der Waals surface area contributed by atoms with Gasteiger partial charge in [0.05, 0.1) is 0 Å². The molecule has 0 heterocycles. The standard InChI is InChI=1S/C21H27N/c1-3-8-18(9-4-1)10-7-17-22-21-15-13-20(14-16-21)19-11-5-2-6-12-19/h1,3-5,8-9,11-13,21-22H,2,6-7,10,14-17H2. The number of rotatable bonds is 6. The molecule has 22 heavy (non-hydrogen) atoms. The van der Waals surface area contributed by atoms with Gasteiger partial charge < -0.3 is 5.32 Å². The minimum atomic E-state index is 0.674. The average Bonchev–Trinajstić information content (AvgIpc) is 2.61. The molecule has 3 rings (SSSR count). The zero-order valence-corrected chi connectivity index (χ0v) is 13.4. The maximum Gasteiger partial charge on any atom is 0.0105 e. The third-order valence-electron chi connectivity index (χ3n) is 4.69. The smallest absolute Gasteiger partial charge is 0.0105 e. The Hall–Kier alpha value is -1.60. The summed E-state index contributed by atoms with van der Waals surface area (Å²) in [6.07, 6.45) is 18.0. The van der Waals surface area contributed by atoms with Gasteiger partial charge in [0, 0.05) is 6.04 Å². The van der Waals surface area contributed by atoms with Gasteiger partial charge in [0.1, 0.15) is 0 Å². The van der Waals surface area contributed by atoms with Gasteiger partial charge in [-0.2, -0.15) is 0 Å². The molecule has 116 valence electrons. The third-order valence-corrected chi connectivity index (χ3v) is 4.69. The predicted molar refractivity (Wildman–Crippen MR) is 94.9 cm³/mol. The average molecular weight is 293 g/mol. The topological polar surface area (TPSA) is 12.0 Å². The molecule has 1 unspecified atom stereocenters. The first-order valence-electron chi connectivity index (χ1n) is 8.75. The van der Waals surface area contributed by atoms with E-state index in [1.807, 2.05) is 0 Å². The number of hydrogen-bond acceptors (Lipinski definition) is 1. The third kappa shape index (κ3) is 4.45. The van der Waals surface area contributed by atoms with E-state index in [1.54, 1.807) is 5.57 Å². The van der Waals surface area contributed by atoms with Crippen molar-refractivity contribution in [1.29, 1.82) is 0 Å². The van der Waals surface area contributed by atoms with Crippen molar-refractivity contribution in [2.75, 3.05) is 6.54 Å². The molecule has 1 aromatic carbocycles. The summed E-state index contributed by atoms with van der Waals surface area (Å²) < 4.78 is 0. The van der Waals surface area contributed by atoms with Gasteiger partial charge in [-0.05, 0) is 68.2 Å². The van der Waals surface area contributed by atoms with Crippen LogP contribution in [0.15, 0.2) is 65.8 Å². The number of hydrogen-bond donors (Lipinski definition) is 1. The Balaban J connectivity index is 1.38. The van der Waals surface area contributed by atoms with E-state index < -0.39 is 0 Å². The fraction of sp³-hybridized carbons (Fsp3) is 0.429. The summed E-state index contributed by atoms with van der Waals surface area (Å²) in [5, 5.41) is 3.73. The molecule has 0 amide bonds. The lowest BCUT2D eigenvalue weighted by atomic mass is 9.88. The van der Waals surface area contributed by atoms with Gasteiger partial charge in [0.15, 0.2) is 0 Å². The van der Waals surface area contributed by atoms with E-state index in [4.69, 9.17) is 0 Å². The molecular weight excluding hydrogens is 266 g/mol. The summed E-state index contributed by atoms with van der Waals surface area (Å²) in [6, 6.07) is 11.5. The van der Waals surface area contributed by atoms with Gasteiger partial charge in [-0.3, -0.25) is 0 Å². The van der Waals surface area contributed by atoms with Crippen LogP contribution in [0.1, 0.15) is 44.1 Å². The Labute approximate surface area is 134 Å². The molecule has 1 N–H and O–H groups in total. The van der Waals surface area contributed by atoms with Crippen LogP contribution in [0.4, 0.5) is 0 Å². The molecule has 0 saturated carbocycles. The maximum atomic E-state index is 3.73. The quantitative estimate of drug-likeness (QED) is 0.731. The number of benzene rings is 1. The number of nitrogens with one attached hydrogen (secondary N) is 1. The highest BCUT2D eigenvalue weighted by Crippen LogP contribution is 2.27. The highest BCUT2D eigenvalue weighted by Gasteiger charge is 2.15. The largest absolute Gasteiger partial charge is 0.314 e. The van der Waals surface area contributed by atoms with Crippen LogP contribution in [0.2, 0.25) is 0 Å². The maximum absolute atomic E-state index is 3.73. The van der Waals surface area contributed by atoms with E-state index in [0.717, 1.165) is 6.54 Å². The lowest BCUT2D eigenvalue weighted by Crippen LogP contribution is -2.31. The molecular formula is C21H27N. The molecule has 1 heteroatoms. The summed E-state index contributed by atoms with van der Waals surface area (Å²) in [6.45, 7) is 1.13. The van der Waals surface area contributed by atoms with E-state index in [-0.39, 0.29) is 0 Å². The highest BCUT2D eigenvalue weighted by atomic mass is 14.9. The zero-order chi connectivity index (χ0) is 15.0. The Morgan fingerprint density at radius 2 is 1.95 bits per heavy atom. The molecule has 1 atom stereocenters. The second-order valence-corrected chi connectivity index (χ2v) is 6.38. The highest BCUT2D eigenvalue weighted by molar-refractivity contribution is 5.42. The van der Waals surface area contributed by atoms with Crippen molar-refractivity contribution >= 4 is 0 Å². The minimum Gasteiger partial charge on any atom is -0.314 e. The SMILES string of the molecule is C1=CC(C2=CCC(NCCCc3ccccc3)CC2)=CCC1. The van der Waals surface area contributed by atoms with Crippen LogP contribution in [-0.2, 0) is 6.42 Å². The first kappa shape index (κ1) is 15.3. The van der Waals surface area contributed by atoms with Gasteiger partial charge in [0.2, 0.25) is 0 Å². The van der Waals surface area contributed by atoms with Crippen LogP contribution in [0.25, 0.3) is 0 Å². The van der Waals surface area contributed by atoms with Crippen LogP contribution < -0.4 is 5.32 Å². The molecule has 0 aliphatic heterocycles. The predicted octanol–water partition coefficient (Wildman–Crippen LogP) is 4.96. The van der Waals surface area contributed by atoms with Crippen molar-refractivity contribution in [1.82, 2.24) is 5.32 Å². The molecule has 0 aromatic heterocycles. The van der Waals surface area contributed by atoms with E-state index in [2.05, 4.69) is 60.0 Å². The molecule has 0 saturated heterocycles. The fourth-order valence-corrected chi connectivity index (χ4v) is 3.38. The summed E-state index contributed by atoms with van der Waals surface area (Å²) in [5.41, 5.74) is 4.50. The first-order chi connectivity index (χ1) is 10.9.